The van der Waals surface area contributed by atoms with Crippen LogP contribution < -0.4 is 9.47 Å². The molecule has 0 aliphatic heterocycles. The molecule has 0 heterocycles. The van der Waals surface area contributed by atoms with Crippen LogP contribution in [0, 0.1) is 0 Å². The summed E-state index contributed by atoms with van der Waals surface area (Å²) >= 11 is 0. The zero-order valence-corrected chi connectivity index (χ0v) is 20.1. The molecule has 2 N–H and O–H groups in total. The van der Waals surface area contributed by atoms with Gasteiger partial charge in [0.2, 0.25) is 0 Å². The van der Waals surface area contributed by atoms with Crippen LogP contribution in [-0.4, -0.2) is 22.2 Å². The van der Waals surface area contributed by atoms with E-state index in [-0.39, 0.29) is 11.1 Å². The quantitative estimate of drug-likeness (QED) is 0.223. The standard InChI is InChI=1S/C32H22O6/c33-31(34)23-5-3-7-27(19-23)37-25-15-11-21(12-16-25)29-9-1-2-10-30(29)22-13-17-26(18-14-22)38-28-8-4-6-24(20-28)32(35)36/h1-20H,(H,33,34)(H,35,36). The molecule has 5 aromatic rings. The number of hydrogen-bond acceptors (Lipinski definition) is 4. The van der Waals surface area contributed by atoms with Gasteiger partial charge < -0.3 is 19.7 Å². The first-order chi connectivity index (χ1) is 18.5. The Balaban J connectivity index is 1.35. The summed E-state index contributed by atoms with van der Waals surface area (Å²) in [7, 11) is 0. The van der Waals surface area contributed by atoms with Crippen molar-refractivity contribution in [2.24, 2.45) is 0 Å². The molecule has 0 unspecified atom stereocenters. The van der Waals surface area contributed by atoms with Gasteiger partial charge in [0.05, 0.1) is 11.1 Å². The second-order valence-electron chi connectivity index (χ2n) is 8.46. The third-order valence-electron chi connectivity index (χ3n) is 5.89. The van der Waals surface area contributed by atoms with Gasteiger partial charge in [-0.05, 0) is 82.9 Å². The number of aromatic carboxylic acids is 2. The van der Waals surface area contributed by atoms with Crippen molar-refractivity contribution in [3.63, 3.8) is 0 Å². The number of carboxylic acids is 2. The van der Waals surface area contributed by atoms with Gasteiger partial charge in [0.15, 0.2) is 0 Å². The molecule has 0 aromatic heterocycles. The van der Waals surface area contributed by atoms with Gasteiger partial charge in [0.25, 0.3) is 0 Å². The highest BCUT2D eigenvalue weighted by molar-refractivity contribution is 5.88. The van der Waals surface area contributed by atoms with Gasteiger partial charge >= 0.3 is 11.9 Å². The molecule has 38 heavy (non-hydrogen) atoms. The lowest BCUT2D eigenvalue weighted by Gasteiger charge is -2.12. The van der Waals surface area contributed by atoms with Gasteiger partial charge in [-0.25, -0.2) is 9.59 Å². The molecule has 0 radical (unpaired) electrons. The largest absolute Gasteiger partial charge is 0.478 e. The number of benzene rings is 5. The average molecular weight is 503 g/mol. The molecule has 5 aromatic carbocycles. The summed E-state index contributed by atoms with van der Waals surface area (Å²) in [4.78, 5) is 22.4. The molecular formula is C32H22O6. The van der Waals surface area contributed by atoms with Crippen molar-refractivity contribution in [1.29, 1.82) is 0 Å². The summed E-state index contributed by atoms with van der Waals surface area (Å²) in [6.45, 7) is 0. The second-order valence-corrected chi connectivity index (χ2v) is 8.46. The van der Waals surface area contributed by atoms with E-state index in [9.17, 15) is 19.8 Å². The van der Waals surface area contributed by atoms with Crippen molar-refractivity contribution < 1.29 is 29.3 Å². The monoisotopic (exact) mass is 502 g/mol. The Hall–Kier alpha value is -5.36. The molecule has 186 valence electrons. The molecule has 6 heteroatoms. The van der Waals surface area contributed by atoms with Crippen molar-refractivity contribution in [2.75, 3.05) is 0 Å². The van der Waals surface area contributed by atoms with Crippen LogP contribution >= 0.6 is 0 Å². The Morgan fingerprint density at radius 1 is 0.447 bits per heavy atom. The predicted octanol–water partition coefficient (Wildman–Crippen LogP) is 8.00. The molecule has 0 atom stereocenters. The van der Waals surface area contributed by atoms with E-state index in [1.54, 1.807) is 24.3 Å². The van der Waals surface area contributed by atoms with E-state index in [2.05, 4.69) is 0 Å². The molecular weight excluding hydrogens is 480 g/mol. The molecule has 0 fully saturated rings. The highest BCUT2D eigenvalue weighted by Gasteiger charge is 2.10. The number of hydrogen-bond donors (Lipinski definition) is 2. The number of carboxylic acid groups (broad SMARTS) is 2. The summed E-state index contributed by atoms with van der Waals surface area (Å²) in [5, 5.41) is 18.4. The van der Waals surface area contributed by atoms with Crippen LogP contribution in [0.5, 0.6) is 23.0 Å². The summed E-state index contributed by atoms with van der Waals surface area (Å²) < 4.78 is 11.7. The first-order valence-electron chi connectivity index (χ1n) is 11.8. The molecule has 0 bridgehead atoms. The van der Waals surface area contributed by atoms with Gasteiger partial charge in [-0.3, -0.25) is 0 Å². The fourth-order valence-corrected chi connectivity index (χ4v) is 4.05. The maximum absolute atomic E-state index is 11.2. The first kappa shape index (κ1) is 24.3. The summed E-state index contributed by atoms with van der Waals surface area (Å²) in [5.74, 6) is 0.0957. The third-order valence-corrected chi connectivity index (χ3v) is 5.89. The van der Waals surface area contributed by atoms with E-state index in [0.29, 0.717) is 23.0 Å². The normalized spacial score (nSPS) is 10.5. The Morgan fingerprint density at radius 3 is 1.21 bits per heavy atom. The lowest BCUT2D eigenvalue weighted by molar-refractivity contribution is 0.0686. The minimum atomic E-state index is -1.01. The highest BCUT2D eigenvalue weighted by atomic mass is 16.5. The van der Waals surface area contributed by atoms with Crippen LogP contribution in [0.3, 0.4) is 0 Å². The van der Waals surface area contributed by atoms with Crippen LogP contribution in [0.25, 0.3) is 22.3 Å². The molecule has 6 nitrogen and oxygen atoms in total. The zero-order valence-electron chi connectivity index (χ0n) is 20.1. The molecule has 0 amide bonds. The van der Waals surface area contributed by atoms with Crippen molar-refractivity contribution >= 4 is 11.9 Å². The predicted molar refractivity (Wildman–Crippen MR) is 144 cm³/mol. The van der Waals surface area contributed by atoms with Crippen molar-refractivity contribution in [3.8, 4) is 45.3 Å². The van der Waals surface area contributed by atoms with Crippen LogP contribution in [0.1, 0.15) is 20.7 Å². The van der Waals surface area contributed by atoms with Gasteiger partial charge in [-0.2, -0.15) is 0 Å². The Bertz CT molecular complexity index is 1480. The number of carbonyl (C=O) groups is 2. The highest BCUT2D eigenvalue weighted by Crippen LogP contribution is 2.35. The van der Waals surface area contributed by atoms with E-state index < -0.39 is 11.9 Å². The minimum Gasteiger partial charge on any atom is -0.478 e. The first-order valence-corrected chi connectivity index (χ1v) is 11.8. The topological polar surface area (TPSA) is 93.1 Å². The molecule has 0 aliphatic rings. The summed E-state index contributed by atoms with van der Waals surface area (Å²) in [6.07, 6.45) is 0. The third kappa shape index (κ3) is 5.55. The SMILES string of the molecule is O=C(O)c1cccc(Oc2ccc(-c3ccccc3-c3ccc(Oc4cccc(C(=O)O)c4)cc3)cc2)c1. The van der Waals surface area contributed by atoms with Gasteiger partial charge in [0.1, 0.15) is 23.0 Å². The van der Waals surface area contributed by atoms with E-state index in [4.69, 9.17) is 9.47 Å². The van der Waals surface area contributed by atoms with Crippen LogP contribution in [0.15, 0.2) is 121 Å². The van der Waals surface area contributed by atoms with E-state index in [1.807, 2.05) is 72.8 Å². The smallest absolute Gasteiger partial charge is 0.335 e. The Morgan fingerprint density at radius 2 is 0.842 bits per heavy atom. The molecule has 0 spiro atoms. The van der Waals surface area contributed by atoms with Crippen LogP contribution in [0.4, 0.5) is 0 Å². The maximum atomic E-state index is 11.2. The Labute approximate surface area is 219 Å². The average Bonchev–Trinajstić information content (AvgIpc) is 2.94. The molecule has 0 saturated carbocycles. The fraction of sp³-hybridized carbons (Fsp3) is 0. The van der Waals surface area contributed by atoms with Gasteiger partial charge in [-0.15, -0.1) is 0 Å². The van der Waals surface area contributed by atoms with Crippen LogP contribution in [0.2, 0.25) is 0 Å². The molecule has 5 rings (SSSR count). The fourth-order valence-electron chi connectivity index (χ4n) is 4.05. The molecule has 0 aliphatic carbocycles. The maximum Gasteiger partial charge on any atom is 0.335 e. The zero-order chi connectivity index (χ0) is 26.5. The minimum absolute atomic E-state index is 0.165. The second kappa shape index (κ2) is 10.7. The Kier molecular flexibility index (Phi) is 6.87. The summed E-state index contributed by atoms with van der Waals surface area (Å²) in [6, 6.07) is 36.0. The van der Waals surface area contributed by atoms with Crippen molar-refractivity contribution in [3.05, 3.63) is 132 Å². The van der Waals surface area contributed by atoms with Gasteiger partial charge in [-0.1, -0.05) is 60.7 Å². The van der Waals surface area contributed by atoms with Crippen molar-refractivity contribution in [1.82, 2.24) is 0 Å². The summed E-state index contributed by atoms with van der Waals surface area (Å²) in [5.41, 5.74) is 4.40. The van der Waals surface area contributed by atoms with E-state index in [0.717, 1.165) is 22.3 Å². The number of rotatable bonds is 8. The lowest BCUT2D eigenvalue weighted by atomic mass is 9.94. The van der Waals surface area contributed by atoms with Gasteiger partial charge in [0, 0.05) is 0 Å². The van der Waals surface area contributed by atoms with E-state index >= 15 is 0 Å². The number of ether oxygens (including phenoxy) is 2. The molecule has 0 saturated heterocycles. The van der Waals surface area contributed by atoms with E-state index in [1.165, 1.54) is 24.3 Å². The van der Waals surface area contributed by atoms with Crippen LogP contribution in [-0.2, 0) is 0 Å². The lowest BCUT2D eigenvalue weighted by Crippen LogP contribution is -1.96. The van der Waals surface area contributed by atoms with Crippen molar-refractivity contribution in [2.45, 2.75) is 0 Å².